The summed E-state index contributed by atoms with van der Waals surface area (Å²) in [6.07, 6.45) is 0. The highest BCUT2D eigenvalue weighted by molar-refractivity contribution is 6.18. The first kappa shape index (κ1) is 10.7. The zero-order chi connectivity index (χ0) is 11.1. The summed E-state index contributed by atoms with van der Waals surface area (Å²) in [5.41, 5.74) is -1.13. The molecule has 14 heavy (non-hydrogen) atoms. The number of hydrogen-bond acceptors (Lipinski definition) is 3. The Balaban J connectivity index is 3.14. The van der Waals surface area contributed by atoms with Gasteiger partial charge in [0.1, 0.15) is 5.41 Å². The van der Waals surface area contributed by atoms with Gasteiger partial charge >= 0.3 is 6.03 Å². The van der Waals surface area contributed by atoms with Crippen LogP contribution >= 0.6 is 0 Å². The molecule has 1 aliphatic rings. The fourth-order valence-electron chi connectivity index (χ4n) is 1.48. The van der Waals surface area contributed by atoms with Crippen molar-refractivity contribution in [1.82, 2.24) is 9.80 Å². The van der Waals surface area contributed by atoms with Gasteiger partial charge in [0, 0.05) is 13.6 Å². The van der Waals surface area contributed by atoms with Crippen molar-refractivity contribution in [1.29, 1.82) is 0 Å². The smallest absolute Gasteiger partial charge is 0.273 e. The van der Waals surface area contributed by atoms with Crippen LogP contribution in [0, 0.1) is 5.41 Å². The Morgan fingerprint density at radius 2 is 1.64 bits per heavy atom. The molecule has 0 atom stereocenters. The lowest BCUT2D eigenvalue weighted by Gasteiger charge is -2.38. The fraction of sp³-hybridized carbons (Fsp3) is 0.667. The Bertz CT molecular complexity index is 309. The summed E-state index contributed by atoms with van der Waals surface area (Å²) < 4.78 is 0. The van der Waals surface area contributed by atoms with E-state index >= 15 is 0 Å². The van der Waals surface area contributed by atoms with Crippen LogP contribution in [-0.4, -0.2) is 41.2 Å². The highest BCUT2D eigenvalue weighted by atomic mass is 16.2. The van der Waals surface area contributed by atoms with Crippen LogP contribution in [0.15, 0.2) is 0 Å². The van der Waals surface area contributed by atoms with Gasteiger partial charge in [-0.2, -0.15) is 0 Å². The predicted octanol–water partition coefficient (Wildman–Crippen LogP) is 0.453. The number of amides is 4. The van der Waals surface area contributed by atoms with Gasteiger partial charge in [-0.05, 0) is 20.8 Å². The maximum Gasteiger partial charge on any atom is 0.333 e. The van der Waals surface area contributed by atoms with Crippen molar-refractivity contribution in [2.75, 3.05) is 13.6 Å². The molecule has 0 spiro atoms. The molecule has 0 N–H and O–H groups in total. The third-order valence-corrected chi connectivity index (χ3v) is 2.45. The highest BCUT2D eigenvalue weighted by Crippen LogP contribution is 2.27. The predicted molar refractivity (Wildman–Crippen MR) is 49.3 cm³/mol. The molecule has 0 aromatic rings. The SMILES string of the molecule is CCN1C(=O)N(C)C(=O)C(C)(C)C1=O. The Morgan fingerprint density at radius 3 is 2.07 bits per heavy atom. The fourth-order valence-corrected chi connectivity index (χ4v) is 1.48. The van der Waals surface area contributed by atoms with Crippen LogP contribution in [0.1, 0.15) is 20.8 Å². The van der Waals surface area contributed by atoms with E-state index < -0.39 is 23.3 Å². The number of carbonyl (C=O) groups excluding carboxylic acids is 3. The standard InChI is InChI=1S/C9H14N2O3/c1-5-11-7(13)9(2,3)6(12)10(4)8(11)14/h5H2,1-4H3. The van der Waals surface area contributed by atoms with E-state index in [4.69, 9.17) is 0 Å². The molecule has 4 amide bonds. The van der Waals surface area contributed by atoms with Gasteiger partial charge in [0.2, 0.25) is 11.8 Å². The average molecular weight is 198 g/mol. The third-order valence-electron chi connectivity index (χ3n) is 2.45. The van der Waals surface area contributed by atoms with E-state index in [-0.39, 0.29) is 0 Å². The number of urea groups is 1. The number of nitrogens with zero attached hydrogens (tertiary/aromatic N) is 2. The Kier molecular flexibility index (Phi) is 2.35. The molecule has 0 aromatic carbocycles. The summed E-state index contributed by atoms with van der Waals surface area (Å²) in [4.78, 5) is 36.8. The number of carbonyl (C=O) groups is 3. The van der Waals surface area contributed by atoms with E-state index in [2.05, 4.69) is 0 Å². The van der Waals surface area contributed by atoms with Gasteiger partial charge in [-0.3, -0.25) is 19.4 Å². The first-order chi connectivity index (χ1) is 6.34. The van der Waals surface area contributed by atoms with Crippen molar-refractivity contribution in [2.24, 2.45) is 5.41 Å². The van der Waals surface area contributed by atoms with E-state index in [1.165, 1.54) is 20.9 Å². The molecule has 0 radical (unpaired) electrons. The quantitative estimate of drug-likeness (QED) is 0.575. The van der Waals surface area contributed by atoms with E-state index in [9.17, 15) is 14.4 Å². The van der Waals surface area contributed by atoms with Crippen LogP contribution in [0.2, 0.25) is 0 Å². The van der Waals surface area contributed by atoms with Gasteiger partial charge in [0.15, 0.2) is 0 Å². The van der Waals surface area contributed by atoms with Crippen molar-refractivity contribution in [3.63, 3.8) is 0 Å². The summed E-state index contributed by atoms with van der Waals surface area (Å²) >= 11 is 0. The van der Waals surface area contributed by atoms with Crippen LogP contribution in [0.25, 0.3) is 0 Å². The number of rotatable bonds is 1. The Hall–Kier alpha value is -1.39. The lowest BCUT2D eigenvalue weighted by atomic mass is 9.88. The molecule has 78 valence electrons. The zero-order valence-electron chi connectivity index (χ0n) is 8.83. The summed E-state index contributed by atoms with van der Waals surface area (Å²) in [6.45, 7) is 5.06. The third kappa shape index (κ3) is 1.20. The second-order valence-corrected chi connectivity index (χ2v) is 3.82. The number of hydrogen-bond donors (Lipinski definition) is 0. The summed E-state index contributed by atoms with van der Waals surface area (Å²) in [7, 11) is 1.39. The average Bonchev–Trinajstić information content (AvgIpc) is 2.14. The van der Waals surface area contributed by atoms with Crippen LogP contribution in [0.5, 0.6) is 0 Å². The van der Waals surface area contributed by atoms with Crippen molar-refractivity contribution in [3.05, 3.63) is 0 Å². The molecule has 0 aliphatic carbocycles. The summed E-state index contributed by atoms with van der Waals surface area (Å²) in [6, 6.07) is -0.540. The van der Waals surface area contributed by atoms with E-state index in [0.717, 1.165) is 9.80 Å². The van der Waals surface area contributed by atoms with Crippen LogP contribution in [0.3, 0.4) is 0 Å². The molecular formula is C9H14N2O3. The monoisotopic (exact) mass is 198 g/mol. The first-order valence-electron chi connectivity index (χ1n) is 4.48. The minimum absolute atomic E-state index is 0.290. The summed E-state index contributed by atoms with van der Waals surface area (Å²) in [5, 5.41) is 0. The Morgan fingerprint density at radius 1 is 1.14 bits per heavy atom. The van der Waals surface area contributed by atoms with Crippen molar-refractivity contribution in [3.8, 4) is 0 Å². The number of barbiturate groups is 1. The van der Waals surface area contributed by atoms with Crippen molar-refractivity contribution >= 4 is 17.8 Å². The topological polar surface area (TPSA) is 57.7 Å². The molecule has 5 heteroatoms. The van der Waals surface area contributed by atoms with Crippen LogP contribution in [-0.2, 0) is 9.59 Å². The lowest BCUT2D eigenvalue weighted by Crippen LogP contribution is -2.62. The van der Waals surface area contributed by atoms with E-state index in [1.54, 1.807) is 6.92 Å². The molecule has 1 saturated heterocycles. The van der Waals surface area contributed by atoms with Gasteiger partial charge in [-0.15, -0.1) is 0 Å². The molecule has 1 fully saturated rings. The van der Waals surface area contributed by atoms with Gasteiger partial charge in [-0.25, -0.2) is 4.79 Å². The molecule has 0 saturated carbocycles. The second kappa shape index (κ2) is 3.08. The molecule has 0 aromatic heterocycles. The molecular weight excluding hydrogens is 184 g/mol. The largest absolute Gasteiger partial charge is 0.333 e. The van der Waals surface area contributed by atoms with Gasteiger partial charge in [0.05, 0.1) is 0 Å². The summed E-state index contributed by atoms with van der Waals surface area (Å²) in [5.74, 6) is -0.870. The maximum absolute atomic E-state index is 11.7. The van der Waals surface area contributed by atoms with Gasteiger partial charge < -0.3 is 0 Å². The minimum Gasteiger partial charge on any atom is -0.273 e. The van der Waals surface area contributed by atoms with E-state index in [1.807, 2.05) is 0 Å². The molecule has 1 rings (SSSR count). The molecule has 1 aliphatic heterocycles. The van der Waals surface area contributed by atoms with Crippen LogP contribution in [0.4, 0.5) is 4.79 Å². The van der Waals surface area contributed by atoms with E-state index in [0.29, 0.717) is 6.54 Å². The first-order valence-corrected chi connectivity index (χ1v) is 4.48. The van der Waals surface area contributed by atoms with Gasteiger partial charge in [0.25, 0.3) is 0 Å². The highest BCUT2D eigenvalue weighted by Gasteiger charge is 2.49. The number of imide groups is 2. The normalized spacial score (nSPS) is 21.9. The minimum atomic E-state index is -1.13. The lowest BCUT2D eigenvalue weighted by molar-refractivity contribution is -0.155. The zero-order valence-corrected chi connectivity index (χ0v) is 8.83. The Labute approximate surface area is 82.7 Å². The molecule has 0 unspecified atom stereocenters. The van der Waals surface area contributed by atoms with Crippen molar-refractivity contribution < 1.29 is 14.4 Å². The second-order valence-electron chi connectivity index (χ2n) is 3.82. The van der Waals surface area contributed by atoms with Crippen LogP contribution < -0.4 is 0 Å². The molecule has 1 heterocycles. The maximum atomic E-state index is 11.7. The van der Waals surface area contributed by atoms with Gasteiger partial charge in [-0.1, -0.05) is 0 Å². The molecule has 5 nitrogen and oxygen atoms in total. The molecule has 0 bridgehead atoms. The van der Waals surface area contributed by atoms with Crippen molar-refractivity contribution in [2.45, 2.75) is 20.8 Å².